The van der Waals surface area contributed by atoms with E-state index in [1.165, 1.54) is 22.7 Å². The maximum Gasteiger partial charge on any atom is 0.242 e. The summed E-state index contributed by atoms with van der Waals surface area (Å²) in [7, 11) is 0. The highest BCUT2D eigenvalue weighted by Crippen LogP contribution is 2.24. The highest BCUT2D eigenvalue weighted by molar-refractivity contribution is 7.99. The standard InChI is InChI=1S/C23H27Cl2FN2O2S/c1-15(22(30)27-23(2,3)4)28(12-16-9-10-18(24)11-19(16)25)21(29)14-31-13-17-7-5-6-8-20(17)26/h5-11,15H,12-14H2,1-4H3,(H,27,30)/t15-/m1/s1. The molecule has 2 rings (SSSR count). The molecule has 0 radical (unpaired) electrons. The van der Waals surface area contributed by atoms with E-state index in [0.29, 0.717) is 26.9 Å². The quantitative estimate of drug-likeness (QED) is 0.522. The topological polar surface area (TPSA) is 49.4 Å². The first-order valence-corrected chi connectivity index (χ1v) is 11.8. The van der Waals surface area contributed by atoms with Crippen LogP contribution in [-0.4, -0.2) is 34.0 Å². The summed E-state index contributed by atoms with van der Waals surface area (Å²) in [6.07, 6.45) is 0. The molecule has 2 aromatic carbocycles. The van der Waals surface area contributed by atoms with Gasteiger partial charge in [-0.2, -0.15) is 0 Å². The Morgan fingerprint density at radius 2 is 1.81 bits per heavy atom. The van der Waals surface area contributed by atoms with Crippen molar-refractivity contribution in [1.29, 1.82) is 0 Å². The number of amides is 2. The number of thioether (sulfide) groups is 1. The highest BCUT2D eigenvalue weighted by atomic mass is 35.5. The third-order valence-corrected chi connectivity index (χ3v) is 6.02. The van der Waals surface area contributed by atoms with E-state index in [1.807, 2.05) is 20.8 Å². The van der Waals surface area contributed by atoms with Crippen LogP contribution >= 0.6 is 35.0 Å². The van der Waals surface area contributed by atoms with Gasteiger partial charge in [0.05, 0.1) is 5.75 Å². The van der Waals surface area contributed by atoms with Crippen molar-refractivity contribution in [3.63, 3.8) is 0 Å². The Labute approximate surface area is 197 Å². The van der Waals surface area contributed by atoms with Crippen molar-refractivity contribution >= 4 is 46.8 Å². The molecule has 31 heavy (non-hydrogen) atoms. The molecule has 0 aliphatic carbocycles. The molecule has 0 heterocycles. The van der Waals surface area contributed by atoms with Crippen molar-refractivity contribution in [2.24, 2.45) is 0 Å². The fourth-order valence-corrected chi connectivity index (χ4v) is 4.20. The molecule has 1 N–H and O–H groups in total. The van der Waals surface area contributed by atoms with Crippen LogP contribution in [0, 0.1) is 5.82 Å². The zero-order chi connectivity index (χ0) is 23.2. The molecule has 0 spiro atoms. The van der Waals surface area contributed by atoms with Crippen LogP contribution in [0.2, 0.25) is 10.0 Å². The molecule has 0 aromatic heterocycles. The molecule has 0 saturated heterocycles. The van der Waals surface area contributed by atoms with Crippen molar-refractivity contribution in [3.8, 4) is 0 Å². The van der Waals surface area contributed by atoms with Gasteiger partial charge in [-0.15, -0.1) is 11.8 Å². The van der Waals surface area contributed by atoms with Crippen molar-refractivity contribution in [2.45, 2.75) is 51.6 Å². The summed E-state index contributed by atoms with van der Waals surface area (Å²) in [5, 5.41) is 3.82. The molecule has 4 nitrogen and oxygen atoms in total. The SMILES string of the molecule is C[C@H](C(=O)NC(C)(C)C)N(Cc1ccc(Cl)cc1Cl)C(=O)CSCc1ccccc1F. The Hall–Kier alpha value is -1.76. The molecule has 1 atom stereocenters. The molecule has 8 heteroatoms. The lowest BCUT2D eigenvalue weighted by atomic mass is 10.1. The van der Waals surface area contributed by atoms with Gasteiger partial charge in [0.2, 0.25) is 11.8 Å². The first-order chi connectivity index (χ1) is 14.5. The summed E-state index contributed by atoms with van der Waals surface area (Å²) >= 11 is 13.6. The smallest absolute Gasteiger partial charge is 0.242 e. The largest absolute Gasteiger partial charge is 0.350 e. The van der Waals surface area contributed by atoms with Gasteiger partial charge >= 0.3 is 0 Å². The summed E-state index contributed by atoms with van der Waals surface area (Å²) in [6.45, 7) is 7.48. The number of halogens is 3. The van der Waals surface area contributed by atoms with E-state index in [9.17, 15) is 14.0 Å². The number of nitrogens with zero attached hydrogens (tertiary/aromatic N) is 1. The van der Waals surface area contributed by atoms with Gasteiger partial charge in [-0.3, -0.25) is 9.59 Å². The van der Waals surface area contributed by atoms with Crippen LogP contribution in [0.15, 0.2) is 42.5 Å². The predicted octanol–water partition coefficient (Wildman–Crippen LogP) is 5.70. The Bertz CT molecular complexity index is 934. The van der Waals surface area contributed by atoms with Crippen molar-refractivity contribution < 1.29 is 14.0 Å². The number of nitrogens with one attached hydrogen (secondary N) is 1. The molecular formula is C23H27Cl2FN2O2S. The lowest BCUT2D eigenvalue weighted by molar-refractivity contribution is -0.139. The minimum atomic E-state index is -0.715. The summed E-state index contributed by atoms with van der Waals surface area (Å²) in [5.41, 5.74) is 0.789. The zero-order valence-electron chi connectivity index (χ0n) is 18.0. The van der Waals surface area contributed by atoms with Crippen LogP contribution in [0.25, 0.3) is 0 Å². The van der Waals surface area contributed by atoms with Crippen molar-refractivity contribution in [1.82, 2.24) is 10.2 Å². The van der Waals surface area contributed by atoms with Crippen LogP contribution in [0.4, 0.5) is 4.39 Å². The molecule has 0 saturated carbocycles. The van der Waals surface area contributed by atoms with Crippen LogP contribution in [-0.2, 0) is 21.9 Å². The molecule has 2 aromatic rings. The van der Waals surface area contributed by atoms with Crippen LogP contribution in [0.5, 0.6) is 0 Å². The van der Waals surface area contributed by atoms with Gasteiger partial charge in [0.25, 0.3) is 0 Å². The Kier molecular flexibility index (Phi) is 9.22. The fraction of sp³-hybridized carbons (Fsp3) is 0.391. The third-order valence-electron chi connectivity index (χ3n) is 4.46. The van der Waals surface area contributed by atoms with E-state index in [-0.39, 0.29) is 29.9 Å². The second kappa shape index (κ2) is 11.2. The van der Waals surface area contributed by atoms with Gasteiger partial charge in [0.1, 0.15) is 11.9 Å². The van der Waals surface area contributed by atoms with Crippen molar-refractivity contribution in [3.05, 3.63) is 69.5 Å². The van der Waals surface area contributed by atoms with Gasteiger partial charge in [-0.05, 0) is 57.0 Å². The van der Waals surface area contributed by atoms with E-state index in [2.05, 4.69) is 5.32 Å². The van der Waals surface area contributed by atoms with E-state index in [0.717, 1.165) is 0 Å². The van der Waals surface area contributed by atoms with Gasteiger partial charge in [-0.25, -0.2) is 4.39 Å². The Morgan fingerprint density at radius 3 is 2.42 bits per heavy atom. The predicted molar refractivity (Wildman–Crippen MR) is 127 cm³/mol. The minimum Gasteiger partial charge on any atom is -0.350 e. The number of hydrogen-bond acceptors (Lipinski definition) is 3. The second-order valence-electron chi connectivity index (χ2n) is 8.26. The summed E-state index contributed by atoms with van der Waals surface area (Å²) in [5.74, 6) is -0.331. The van der Waals surface area contributed by atoms with Gasteiger partial charge in [0.15, 0.2) is 0 Å². The van der Waals surface area contributed by atoms with Gasteiger partial charge < -0.3 is 10.2 Å². The Balaban J connectivity index is 2.16. The third kappa shape index (κ3) is 8.02. The number of carbonyl (C=O) groups is 2. The molecule has 0 aliphatic rings. The maximum absolute atomic E-state index is 13.8. The van der Waals surface area contributed by atoms with E-state index >= 15 is 0 Å². The average molecular weight is 485 g/mol. The number of hydrogen-bond donors (Lipinski definition) is 1. The molecular weight excluding hydrogens is 458 g/mol. The molecule has 0 fully saturated rings. The normalized spacial score (nSPS) is 12.4. The average Bonchev–Trinajstić information content (AvgIpc) is 2.67. The maximum atomic E-state index is 13.8. The molecule has 0 unspecified atom stereocenters. The van der Waals surface area contributed by atoms with Gasteiger partial charge in [0, 0.05) is 27.9 Å². The van der Waals surface area contributed by atoms with E-state index in [4.69, 9.17) is 23.2 Å². The fourth-order valence-electron chi connectivity index (χ4n) is 2.84. The monoisotopic (exact) mass is 484 g/mol. The van der Waals surface area contributed by atoms with Crippen LogP contribution in [0.1, 0.15) is 38.8 Å². The van der Waals surface area contributed by atoms with E-state index < -0.39 is 11.6 Å². The number of carbonyl (C=O) groups excluding carboxylic acids is 2. The first kappa shape index (κ1) is 25.5. The Morgan fingerprint density at radius 1 is 1.13 bits per heavy atom. The molecule has 168 valence electrons. The van der Waals surface area contributed by atoms with Crippen LogP contribution in [0.3, 0.4) is 0 Å². The van der Waals surface area contributed by atoms with Crippen LogP contribution < -0.4 is 5.32 Å². The second-order valence-corrected chi connectivity index (χ2v) is 10.1. The lowest BCUT2D eigenvalue weighted by Crippen LogP contribution is -2.52. The van der Waals surface area contributed by atoms with Gasteiger partial charge in [-0.1, -0.05) is 47.5 Å². The summed E-state index contributed by atoms with van der Waals surface area (Å²) < 4.78 is 13.8. The molecule has 0 bridgehead atoms. The zero-order valence-corrected chi connectivity index (χ0v) is 20.4. The molecule has 0 aliphatic heterocycles. The summed E-state index contributed by atoms with van der Waals surface area (Å²) in [6, 6.07) is 10.8. The minimum absolute atomic E-state index is 0.104. The number of benzene rings is 2. The highest BCUT2D eigenvalue weighted by Gasteiger charge is 2.28. The first-order valence-electron chi connectivity index (χ1n) is 9.84. The number of rotatable bonds is 8. The van der Waals surface area contributed by atoms with Crippen molar-refractivity contribution in [2.75, 3.05) is 5.75 Å². The summed E-state index contributed by atoms with van der Waals surface area (Å²) in [4.78, 5) is 27.3. The lowest BCUT2D eigenvalue weighted by Gasteiger charge is -2.31. The molecule has 2 amide bonds. The van der Waals surface area contributed by atoms with E-state index in [1.54, 1.807) is 43.3 Å².